The van der Waals surface area contributed by atoms with E-state index < -0.39 is 5.97 Å². The van der Waals surface area contributed by atoms with Crippen LogP contribution in [0, 0.1) is 0 Å². The minimum atomic E-state index is -0.988. The van der Waals surface area contributed by atoms with Gasteiger partial charge in [0, 0.05) is 19.8 Å². The molecule has 108 valence electrons. The molecule has 0 spiro atoms. The van der Waals surface area contributed by atoms with E-state index in [2.05, 4.69) is 27.6 Å². The first-order valence-electron chi connectivity index (χ1n) is 6.63. The summed E-state index contributed by atoms with van der Waals surface area (Å²) in [6.07, 6.45) is 3.93. The van der Waals surface area contributed by atoms with Crippen molar-refractivity contribution in [2.75, 3.05) is 25.0 Å². The first-order valence-corrected chi connectivity index (χ1v) is 6.63. The SMILES string of the molecule is CCNCCCNc1c(C(=O)O)cnc2c1cnn2C. The van der Waals surface area contributed by atoms with Gasteiger partial charge in [0.1, 0.15) is 5.56 Å². The van der Waals surface area contributed by atoms with Crippen LogP contribution in [0.1, 0.15) is 23.7 Å². The van der Waals surface area contributed by atoms with Gasteiger partial charge in [0.25, 0.3) is 0 Å². The maximum Gasteiger partial charge on any atom is 0.339 e. The van der Waals surface area contributed by atoms with Crippen molar-refractivity contribution < 1.29 is 9.90 Å². The molecule has 0 aliphatic carbocycles. The number of aromatic carboxylic acids is 1. The van der Waals surface area contributed by atoms with E-state index in [1.165, 1.54) is 6.20 Å². The highest BCUT2D eigenvalue weighted by Crippen LogP contribution is 2.25. The topological polar surface area (TPSA) is 92.1 Å². The van der Waals surface area contributed by atoms with Crippen LogP contribution in [0.25, 0.3) is 11.0 Å². The molecule has 0 aliphatic heterocycles. The van der Waals surface area contributed by atoms with Crippen LogP contribution in [-0.2, 0) is 7.05 Å². The zero-order chi connectivity index (χ0) is 14.5. The lowest BCUT2D eigenvalue weighted by atomic mass is 10.2. The summed E-state index contributed by atoms with van der Waals surface area (Å²) in [5.74, 6) is -0.988. The van der Waals surface area contributed by atoms with Gasteiger partial charge in [-0.25, -0.2) is 9.78 Å². The minimum absolute atomic E-state index is 0.175. The summed E-state index contributed by atoms with van der Waals surface area (Å²) in [5, 5.41) is 20.5. The highest BCUT2D eigenvalue weighted by molar-refractivity contribution is 6.03. The van der Waals surface area contributed by atoms with E-state index in [1.807, 2.05) is 0 Å². The van der Waals surface area contributed by atoms with Crippen LogP contribution < -0.4 is 10.6 Å². The molecule has 0 radical (unpaired) electrons. The van der Waals surface area contributed by atoms with Crippen molar-refractivity contribution in [2.24, 2.45) is 7.05 Å². The number of carboxylic acids is 1. The van der Waals surface area contributed by atoms with Crippen LogP contribution in [0.15, 0.2) is 12.4 Å². The number of rotatable bonds is 7. The van der Waals surface area contributed by atoms with Gasteiger partial charge in [0.2, 0.25) is 0 Å². The standard InChI is InChI=1S/C13H19N5O2/c1-3-14-5-4-6-15-11-9-8-17-18(2)12(9)16-7-10(11)13(19)20/h7-8,14H,3-6H2,1-2H3,(H,15,16)(H,19,20). The number of carbonyl (C=O) groups is 1. The molecular formula is C13H19N5O2. The number of pyridine rings is 1. The van der Waals surface area contributed by atoms with E-state index >= 15 is 0 Å². The van der Waals surface area contributed by atoms with Crippen molar-refractivity contribution in [1.82, 2.24) is 20.1 Å². The quantitative estimate of drug-likeness (QED) is 0.656. The maximum absolute atomic E-state index is 11.3. The maximum atomic E-state index is 11.3. The van der Waals surface area contributed by atoms with E-state index in [0.29, 0.717) is 17.9 Å². The third-order valence-electron chi connectivity index (χ3n) is 3.07. The van der Waals surface area contributed by atoms with Gasteiger partial charge in [0.05, 0.1) is 17.3 Å². The predicted octanol–water partition coefficient (Wildman–Crippen LogP) is 1.08. The van der Waals surface area contributed by atoms with E-state index in [-0.39, 0.29) is 5.56 Å². The van der Waals surface area contributed by atoms with Crippen LogP contribution in [0.3, 0.4) is 0 Å². The molecule has 7 nitrogen and oxygen atoms in total. The molecule has 0 aliphatic rings. The number of hydrogen-bond acceptors (Lipinski definition) is 5. The van der Waals surface area contributed by atoms with Crippen molar-refractivity contribution in [1.29, 1.82) is 0 Å². The Morgan fingerprint density at radius 1 is 1.40 bits per heavy atom. The number of nitrogens with zero attached hydrogens (tertiary/aromatic N) is 3. The average molecular weight is 277 g/mol. The zero-order valence-corrected chi connectivity index (χ0v) is 11.7. The second kappa shape index (κ2) is 6.33. The summed E-state index contributed by atoms with van der Waals surface area (Å²) in [7, 11) is 1.78. The number of nitrogens with one attached hydrogen (secondary N) is 2. The Kier molecular flexibility index (Phi) is 4.52. The van der Waals surface area contributed by atoms with Gasteiger partial charge >= 0.3 is 5.97 Å². The zero-order valence-electron chi connectivity index (χ0n) is 11.7. The Morgan fingerprint density at radius 3 is 2.90 bits per heavy atom. The van der Waals surface area contributed by atoms with Crippen molar-refractivity contribution in [3.63, 3.8) is 0 Å². The Balaban J connectivity index is 2.23. The molecular weight excluding hydrogens is 258 g/mol. The van der Waals surface area contributed by atoms with Gasteiger partial charge < -0.3 is 15.7 Å². The normalized spacial score (nSPS) is 10.9. The molecule has 2 aromatic heterocycles. The van der Waals surface area contributed by atoms with E-state index in [9.17, 15) is 9.90 Å². The molecule has 0 saturated carbocycles. The van der Waals surface area contributed by atoms with Crippen LogP contribution in [-0.4, -0.2) is 45.5 Å². The number of fused-ring (bicyclic) bond motifs is 1. The third-order valence-corrected chi connectivity index (χ3v) is 3.07. The summed E-state index contributed by atoms with van der Waals surface area (Å²) in [4.78, 5) is 15.4. The van der Waals surface area contributed by atoms with Gasteiger partial charge in [-0.1, -0.05) is 6.92 Å². The fraction of sp³-hybridized carbons (Fsp3) is 0.462. The van der Waals surface area contributed by atoms with Crippen LogP contribution in [0.4, 0.5) is 5.69 Å². The highest BCUT2D eigenvalue weighted by Gasteiger charge is 2.16. The minimum Gasteiger partial charge on any atom is -0.478 e. The molecule has 7 heteroatoms. The molecule has 0 bridgehead atoms. The average Bonchev–Trinajstić information content (AvgIpc) is 2.80. The molecule has 0 fully saturated rings. The Labute approximate surface area is 117 Å². The Hall–Kier alpha value is -2.15. The summed E-state index contributed by atoms with van der Waals surface area (Å²) in [5.41, 5.74) is 1.44. The van der Waals surface area contributed by atoms with Gasteiger partial charge in [-0.05, 0) is 19.5 Å². The molecule has 0 atom stereocenters. The number of hydrogen-bond donors (Lipinski definition) is 3. The van der Waals surface area contributed by atoms with E-state index in [1.54, 1.807) is 17.9 Å². The second-order valence-electron chi connectivity index (χ2n) is 4.49. The van der Waals surface area contributed by atoms with Crippen LogP contribution in [0.2, 0.25) is 0 Å². The highest BCUT2D eigenvalue weighted by atomic mass is 16.4. The molecule has 0 amide bonds. The number of carboxylic acid groups (broad SMARTS) is 1. The van der Waals surface area contributed by atoms with Crippen molar-refractivity contribution >= 4 is 22.7 Å². The van der Waals surface area contributed by atoms with Crippen molar-refractivity contribution in [3.8, 4) is 0 Å². The van der Waals surface area contributed by atoms with Crippen LogP contribution in [0.5, 0.6) is 0 Å². The first-order chi connectivity index (χ1) is 9.65. The third kappa shape index (κ3) is 2.88. The number of aromatic nitrogens is 3. The fourth-order valence-corrected chi connectivity index (χ4v) is 2.05. The van der Waals surface area contributed by atoms with Crippen molar-refractivity contribution in [2.45, 2.75) is 13.3 Å². The summed E-state index contributed by atoms with van der Waals surface area (Å²) < 4.78 is 1.63. The molecule has 2 aromatic rings. The molecule has 3 N–H and O–H groups in total. The summed E-state index contributed by atoms with van der Waals surface area (Å²) in [6.45, 7) is 4.58. The molecule has 0 unspecified atom stereocenters. The summed E-state index contributed by atoms with van der Waals surface area (Å²) >= 11 is 0. The fourth-order valence-electron chi connectivity index (χ4n) is 2.05. The summed E-state index contributed by atoms with van der Waals surface area (Å²) in [6, 6.07) is 0. The lowest BCUT2D eigenvalue weighted by Gasteiger charge is -2.10. The second-order valence-corrected chi connectivity index (χ2v) is 4.49. The number of anilines is 1. The Bertz CT molecular complexity index is 608. The lowest BCUT2D eigenvalue weighted by molar-refractivity contribution is 0.0697. The molecule has 2 heterocycles. The van der Waals surface area contributed by atoms with Gasteiger partial charge in [-0.3, -0.25) is 4.68 Å². The van der Waals surface area contributed by atoms with Gasteiger partial charge in [0.15, 0.2) is 5.65 Å². The van der Waals surface area contributed by atoms with Gasteiger partial charge in [-0.2, -0.15) is 5.10 Å². The van der Waals surface area contributed by atoms with Crippen LogP contribution >= 0.6 is 0 Å². The smallest absolute Gasteiger partial charge is 0.339 e. The lowest BCUT2D eigenvalue weighted by Crippen LogP contribution is -2.18. The molecule has 0 aromatic carbocycles. The first kappa shape index (κ1) is 14.3. The van der Waals surface area contributed by atoms with E-state index in [4.69, 9.17) is 0 Å². The Morgan fingerprint density at radius 2 is 2.20 bits per heavy atom. The monoisotopic (exact) mass is 277 g/mol. The molecule has 0 saturated heterocycles. The van der Waals surface area contributed by atoms with Crippen molar-refractivity contribution in [3.05, 3.63) is 18.0 Å². The van der Waals surface area contributed by atoms with E-state index in [0.717, 1.165) is 24.9 Å². The largest absolute Gasteiger partial charge is 0.478 e. The molecule has 20 heavy (non-hydrogen) atoms. The molecule has 2 rings (SSSR count). The van der Waals surface area contributed by atoms with Gasteiger partial charge in [-0.15, -0.1) is 0 Å². The predicted molar refractivity (Wildman–Crippen MR) is 77.1 cm³/mol. The number of aryl methyl sites for hydroxylation is 1.